The van der Waals surface area contributed by atoms with E-state index in [9.17, 15) is 0 Å². The van der Waals surface area contributed by atoms with Gasteiger partial charge in [0.1, 0.15) is 5.76 Å². The van der Waals surface area contributed by atoms with Gasteiger partial charge in [-0.15, -0.1) is 0 Å². The molecule has 2 heteroatoms. The van der Waals surface area contributed by atoms with E-state index in [1.807, 2.05) is 13.2 Å². The molecule has 1 aromatic heterocycles. The van der Waals surface area contributed by atoms with Crippen molar-refractivity contribution in [3.05, 3.63) is 23.7 Å². The molecule has 18 heavy (non-hydrogen) atoms. The maximum absolute atomic E-state index is 5.48. The highest BCUT2D eigenvalue weighted by molar-refractivity contribution is 5.17. The standard InChI is InChI=1S/C16H25NO/c1-3-17-16(15-6-11(2)18-10-15)9-14-8-12-4-5-13(14)7-12/h6,10,12-14,16-17H,3-5,7-9H2,1-2H3. The first kappa shape index (κ1) is 12.3. The summed E-state index contributed by atoms with van der Waals surface area (Å²) in [6, 6.07) is 2.69. The van der Waals surface area contributed by atoms with Gasteiger partial charge in [-0.2, -0.15) is 0 Å². The summed E-state index contributed by atoms with van der Waals surface area (Å²) in [5.41, 5.74) is 1.34. The highest BCUT2D eigenvalue weighted by atomic mass is 16.3. The summed E-state index contributed by atoms with van der Waals surface area (Å²) < 4.78 is 5.48. The Hall–Kier alpha value is -0.760. The third kappa shape index (κ3) is 2.35. The molecule has 2 fully saturated rings. The van der Waals surface area contributed by atoms with Crippen LogP contribution < -0.4 is 5.32 Å². The molecule has 0 aromatic carbocycles. The minimum absolute atomic E-state index is 0.497. The first-order valence-electron chi connectivity index (χ1n) is 7.54. The molecule has 2 bridgehead atoms. The number of rotatable bonds is 5. The highest BCUT2D eigenvalue weighted by Crippen LogP contribution is 2.50. The Balaban J connectivity index is 1.67. The number of hydrogen-bond acceptors (Lipinski definition) is 2. The Morgan fingerprint density at radius 3 is 2.83 bits per heavy atom. The van der Waals surface area contributed by atoms with Crippen molar-refractivity contribution in [2.45, 2.75) is 52.0 Å². The fourth-order valence-electron chi connectivity index (χ4n) is 4.20. The van der Waals surface area contributed by atoms with Crippen LogP contribution >= 0.6 is 0 Å². The van der Waals surface area contributed by atoms with Crippen LogP contribution in [0.5, 0.6) is 0 Å². The molecule has 2 saturated carbocycles. The molecular formula is C16H25NO. The SMILES string of the molecule is CCNC(CC1CC2CCC1C2)c1coc(C)c1. The smallest absolute Gasteiger partial charge is 0.101 e. The minimum Gasteiger partial charge on any atom is -0.469 e. The number of hydrogen-bond donors (Lipinski definition) is 1. The lowest BCUT2D eigenvalue weighted by molar-refractivity contribution is 0.280. The molecule has 0 saturated heterocycles. The summed E-state index contributed by atoms with van der Waals surface area (Å²) in [6.07, 6.45) is 9.21. The van der Waals surface area contributed by atoms with Crippen LogP contribution in [0.25, 0.3) is 0 Å². The van der Waals surface area contributed by atoms with Crippen molar-refractivity contribution in [1.29, 1.82) is 0 Å². The van der Waals surface area contributed by atoms with Gasteiger partial charge in [-0.3, -0.25) is 0 Å². The maximum Gasteiger partial charge on any atom is 0.101 e. The molecule has 100 valence electrons. The minimum atomic E-state index is 0.497. The second-order valence-corrected chi connectivity index (χ2v) is 6.27. The van der Waals surface area contributed by atoms with Gasteiger partial charge in [0.05, 0.1) is 6.26 Å². The van der Waals surface area contributed by atoms with E-state index in [1.54, 1.807) is 0 Å². The van der Waals surface area contributed by atoms with Gasteiger partial charge >= 0.3 is 0 Å². The van der Waals surface area contributed by atoms with Crippen LogP contribution in [0.2, 0.25) is 0 Å². The molecule has 0 aliphatic heterocycles. The van der Waals surface area contributed by atoms with Crippen molar-refractivity contribution >= 4 is 0 Å². The van der Waals surface area contributed by atoms with Gasteiger partial charge in [0.15, 0.2) is 0 Å². The molecule has 2 aliphatic rings. The zero-order valence-corrected chi connectivity index (χ0v) is 11.6. The number of nitrogens with one attached hydrogen (secondary N) is 1. The van der Waals surface area contributed by atoms with Crippen molar-refractivity contribution in [2.75, 3.05) is 6.54 Å². The first-order valence-corrected chi connectivity index (χ1v) is 7.54. The van der Waals surface area contributed by atoms with E-state index in [4.69, 9.17) is 4.42 Å². The van der Waals surface area contributed by atoms with Crippen molar-refractivity contribution in [3.63, 3.8) is 0 Å². The molecule has 0 amide bonds. The fourth-order valence-corrected chi connectivity index (χ4v) is 4.20. The molecule has 1 heterocycles. The lowest BCUT2D eigenvalue weighted by Gasteiger charge is -2.26. The summed E-state index contributed by atoms with van der Waals surface area (Å²) in [4.78, 5) is 0. The molecule has 2 aliphatic carbocycles. The van der Waals surface area contributed by atoms with Crippen LogP contribution in [-0.4, -0.2) is 6.54 Å². The van der Waals surface area contributed by atoms with Crippen molar-refractivity contribution in [2.24, 2.45) is 17.8 Å². The topological polar surface area (TPSA) is 25.2 Å². The Kier molecular flexibility index (Phi) is 3.47. The predicted octanol–water partition coefficient (Wildman–Crippen LogP) is 4.06. The maximum atomic E-state index is 5.48. The van der Waals surface area contributed by atoms with E-state index < -0.39 is 0 Å². The van der Waals surface area contributed by atoms with Crippen LogP contribution in [0.3, 0.4) is 0 Å². The number of furan rings is 1. The van der Waals surface area contributed by atoms with Gasteiger partial charge in [-0.25, -0.2) is 0 Å². The summed E-state index contributed by atoms with van der Waals surface area (Å²) in [5.74, 6) is 4.04. The lowest BCUT2D eigenvalue weighted by atomic mass is 9.83. The molecule has 1 aromatic rings. The second-order valence-electron chi connectivity index (χ2n) is 6.27. The van der Waals surface area contributed by atoms with Gasteiger partial charge in [-0.05, 0) is 63.0 Å². The quantitative estimate of drug-likeness (QED) is 0.848. The summed E-state index contributed by atoms with van der Waals surface area (Å²) in [5, 5.41) is 3.64. The molecule has 0 radical (unpaired) electrons. The molecule has 0 spiro atoms. The van der Waals surface area contributed by atoms with E-state index in [1.165, 1.54) is 37.7 Å². The molecule has 3 rings (SSSR count). The average molecular weight is 247 g/mol. The Morgan fingerprint density at radius 2 is 2.28 bits per heavy atom. The van der Waals surface area contributed by atoms with E-state index in [0.29, 0.717) is 6.04 Å². The summed E-state index contributed by atoms with van der Waals surface area (Å²) >= 11 is 0. The lowest BCUT2D eigenvalue weighted by Crippen LogP contribution is -2.25. The van der Waals surface area contributed by atoms with Crippen LogP contribution in [-0.2, 0) is 0 Å². The van der Waals surface area contributed by atoms with E-state index >= 15 is 0 Å². The Bertz CT molecular complexity index is 398. The molecule has 4 atom stereocenters. The molecule has 1 N–H and O–H groups in total. The number of aryl methyl sites for hydroxylation is 1. The van der Waals surface area contributed by atoms with Crippen LogP contribution in [0, 0.1) is 24.7 Å². The van der Waals surface area contributed by atoms with Gasteiger partial charge in [0.25, 0.3) is 0 Å². The van der Waals surface area contributed by atoms with E-state index in [-0.39, 0.29) is 0 Å². The van der Waals surface area contributed by atoms with Crippen LogP contribution in [0.4, 0.5) is 0 Å². The first-order chi connectivity index (χ1) is 8.76. The highest BCUT2D eigenvalue weighted by Gasteiger charge is 2.40. The zero-order chi connectivity index (χ0) is 12.5. The average Bonchev–Trinajstić information content (AvgIpc) is 3.04. The van der Waals surface area contributed by atoms with Crippen molar-refractivity contribution < 1.29 is 4.42 Å². The molecular weight excluding hydrogens is 222 g/mol. The van der Waals surface area contributed by atoms with Crippen LogP contribution in [0.1, 0.15) is 56.4 Å². The van der Waals surface area contributed by atoms with Crippen LogP contribution in [0.15, 0.2) is 16.7 Å². The van der Waals surface area contributed by atoms with Crippen molar-refractivity contribution in [3.8, 4) is 0 Å². The zero-order valence-electron chi connectivity index (χ0n) is 11.6. The third-order valence-corrected chi connectivity index (χ3v) is 5.03. The van der Waals surface area contributed by atoms with Gasteiger partial charge in [0.2, 0.25) is 0 Å². The third-order valence-electron chi connectivity index (χ3n) is 5.03. The normalized spacial score (nSPS) is 32.0. The summed E-state index contributed by atoms with van der Waals surface area (Å²) in [7, 11) is 0. The predicted molar refractivity (Wildman–Crippen MR) is 73.4 cm³/mol. The van der Waals surface area contributed by atoms with Crippen molar-refractivity contribution in [1.82, 2.24) is 5.32 Å². The second kappa shape index (κ2) is 5.08. The van der Waals surface area contributed by atoms with Gasteiger partial charge in [0, 0.05) is 11.6 Å². The molecule has 4 unspecified atom stereocenters. The Labute approximate surface area is 110 Å². The van der Waals surface area contributed by atoms with E-state index in [0.717, 1.165) is 30.1 Å². The Morgan fingerprint density at radius 1 is 1.39 bits per heavy atom. The monoisotopic (exact) mass is 247 g/mol. The van der Waals surface area contributed by atoms with E-state index in [2.05, 4.69) is 18.3 Å². The fraction of sp³-hybridized carbons (Fsp3) is 0.750. The summed E-state index contributed by atoms with van der Waals surface area (Å²) in [6.45, 7) is 5.26. The van der Waals surface area contributed by atoms with Gasteiger partial charge < -0.3 is 9.73 Å². The van der Waals surface area contributed by atoms with Gasteiger partial charge in [-0.1, -0.05) is 13.3 Å². The molecule has 2 nitrogen and oxygen atoms in total. The number of fused-ring (bicyclic) bond motifs is 2. The largest absolute Gasteiger partial charge is 0.469 e.